The third-order valence-corrected chi connectivity index (χ3v) is 2.06. The Kier molecular flexibility index (Phi) is 2.53. The van der Waals surface area contributed by atoms with Gasteiger partial charge in [0, 0.05) is 12.2 Å². The van der Waals surface area contributed by atoms with E-state index in [1.807, 2.05) is 13.8 Å². The van der Waals surface area contributed by atoms with Gasteiger partial charge in [0.1, 0.15) is 5.69 Å². The Morgan fingerprint density at radius 3 is 2.92 bits per heavy atom. The molecule has 0 aliphatic carbocycles. The fourth-order valence-corrected chi connectivity index (χ4v) is 1.16. The summed E-state index contributed by atoms with van der Waals surface area (Å²) in [6.45, 7) is 4.04. The average Bonchev–Trinajstić information content (AvgIpc) is 2.50. The Hall–Kier alpha value is -1.25. The van der Waals surface area contributed by atoms with Crippen LogP contribution in [0.1, 0.15) is 36.8 Å². The van der Waals surface area contributed by atoms with E-state index in [2.05, 4.69) is 0 Å². The lowest BCUT2D eigenvalue weighted by molar-refractivity contribution is 0.0683. The van der Waals surface area contributed by atoms with E-state index in [1.165, 1.54) is 0 Å². The average molecular weight is 167 g/mol. The predicted molar refractivity (Wildman–Crippen MR) is 46.4 cm³/mol. The maximum Gasteiger partial charge on any atom is 0.352 e. The van der Waals surface area contributed by atoms with Gasteiger partial charge < -0.3 is 9.67 Å². The van der Waals surface area contributed by atoms with Gasteiger partial charge in [-0.2, -0.15) is 0 Å². The molecule has 0 spiro atoms. The molecule has 0 aromatic carbocycles. The fraction of sp³-hybridized carbons (Fsp3) is 0.444. The second-order valence-electron chi connectivity index (χ2n) is 2.86. The van der Waals surface area contributed by atoms with E-state index in [0.717, 1.165) is 6.42 Å². The Bertz CT molecular complexity index is 278. The lowest BCUT2D eigenvalue weighted by Gasteiger charge is -2.12. The van der Waals surface area contributed by atoms with Crippen molar-refractivity contribution in [3.05, 3.63) is 24.0 Å². The third-order valence-electron chi connectivity index (χ3n) is 2.06. The highest BCUT2D eigenvalue weighted by Gasteiger charge is 2.11. The molecule has 3 nitrogen and oxygen atoms in total. The van der Waals surface area contributed by atoms with Gasteiger partial charge in [0.15, 0.2) is 0 Å². The number of hydrogen-bond acceptors (Lipinski definition) is 1. The molecule has 3 heteroatoms. The van der Waals surface area contributed by atoms with Crippen LogP contribution in [0.4, 0.5) is 0 Å². The number of hydrogen-bond donors (Lipinski definition) is 1. The van der Waals surface area contributed by atoms with Crippen LogP contribution < -0.4 is 0 Å². The van der Waals surface area contributed by atoms with Gasteiger partial charge in [-0.15, -0.1) is 0 Å². The van der Waals surface area contributed by atoms with E-state index in [9.17, 15) is 4.79 Å². The molecule has 0 aliphatic heterocycles. The second-order valence-corrected chi connectivity index (χ2v) is 2.86. The highest BCUT2D eigenvalue weighted by atomic mass is 16.4. The second kappa shape index (κ2) is 3.43. The number of aromatic nitrogens is 1. The number of carbonyl (C=O) groups is 1. The van der Waals surface area contributed by atoms with Crippen molar-refractivity contribution < 1.29 is 9.90 Å². The number of carboxylic acids is 1. The molecule has 0 saturated heterocycles. The topological polar surface area (TPSA) is 42.2 Å². The maximum absolute atomic E-state index is 10.7. The first kappa shape index (κ1) is 8.84. The van der Waals surface area contributed by atoms with Gasteiger partial charge >= 0.3 is 5.97 Å². The van der Waals surface area contributed by atoms with Crippen LogP contribution in [0.15, 0.2) is 18.3 Å². The number of aromatic carboxylic acids is 1. The summed E-state index contributed by atoms with van der Waals surface area (Å²) in [7, 11) is 0. The van der Waals surface area contributed by atoms with E-state index in [0.29, 0.717) is 5.69 Å². The zero-order valence-electron chi connectivity index (χ0n) is 7.32. The highest BCUT2D eigenvalue weighted by Crippen LogP contribution is 2.14. The third kappa shape index (κ3) is 1.49. The molecule has 1 aromatic heterocycles. The van der Waals surface area contributed by atoms with Crippen molar-refractivity contribution in [2.75, 3.05) is 0 Å². The molecule has 1 atom stereocenters. The zero-order valence-corrected chi connectivity index (χ0v) is 7.32. The lowest BCUT2D eigenvalue weighted by atomic mass is 10.2. The summed E-state index contributed by atoms with van der Waals surface area (Å²) in [5, 5.41) is 8.78. The van der Waals surface area contributed by atoms with Crippen molar-refractivity contribution >= 4 is 5.97 Å². The van der Waals surface area contributed by atoms with Gasteiger partial charge in [-0.3, -0.25) is 0 Å². The van der Waals surface area contributed by atoms with Gasteiger partial charge in [-0.05, 0) is 25.5 Å². The van der Waals surface area contributed by atoms with E-state index in [-0.39, 0.29) is 6.04 Å². The van der Waals surface area contributed by atoms with Crippen molar-refractivity contribution in [1.29, 1.82) is 0 Å². The first-order chi connectivity index (χ1) is 5.66. The summed E-state index contributed by atoms with van der Waals surface area (Å²) in [5.41, 5.74) is 0.365. The Morgan fingerprint density at radius 2 is 2.42 bits per heavy atom. The van der Waals surface area contributed by atoms with Gasteiger partial charge in [0.2, 0.25) is 0 Å². The number of carboxylic acid groups (broad SMARTS) is 1. The molecule has 1 aromatic rings. The number of rotatable bonds is 3. The number of nitrogens with zero attached hydrogens (tertiary/aromatic N) is 1. The summed E-state index contributed by atoms with van der Waals surface area (Å²) < 4.78 is 1.78. The van der Waals surface area contributed by atoms with Crippen LogP contribution in [0.3, 0.4) is 0 Å². The molecular formula is C9H13NO2. The van der Waals surface area contributed by atoms with E-state index >= 15 is 0 Å². The minimum absolute atomic E-state index is 0.256. The normalized spacial score (nSPS) is 12.8. The van der Waals surface area contributed by atoms with E-state index < -0.39 is 5.97 Å². The molecule has 0 fully saturated rings. The van der Waals surface area contributed by atoms with Crippen LogP contribution in [-0.4, -0.2) is 15.6 Å². The summed E-state index contributed by atoms with van der Waals surface area (Å²) in [6, 6.07) is 3.63. The van der Waals surface area contributed by atoms with Crippen molar-refractivity contribution in [2.45, 2.75) is 26.3 Å². The van der Waals surface area contributed by atoms with Gasteiger partial charge in [0.05, 0.1) is 0 Å². The van der Waals surface area contributed by atoms with Crippen LogP contribution in [-0.2, 0) is 0 Å². The molecule has 1 heterocycles. The first-order valence-corrected chi connectivity index (χ1v) is 4.07. The Labute approximate surface area is 71.6 Å². The van der Waals surface area contributed by atoms with Crippen LogP contribution in [0, 0.1) is 0 Å². The molecular weight excluding hydrogens is 154 g/mol. The molecule has 12 heavy (non-hydrogen) atoms. The van der Waals surface area contributed by atoms with Crippen LogP contribution in [0.2, 0.25) is 0 Å². The summed E-state index contributed by atoms with van der Waals surface area (Å²) in [6.07, 6.45) is 2.74. The monoisotopic (exact) mass is 167 g/mol. The summed E-state index contributed by atoms with van der Waals surface area (Å²) in [4.78, 5) is 10.7. The van der Waals surface area contributed by atoms with Crippen molar-refractivity contribution in [1.82, 2.24) is 4.57 Å². The minimum Gasteiger partial charge on any atom is -0.477 e. The van der Waals surface area contributed by atoms with Gasteiger partial charge in [-0.25, -0.2) is 4.79 Å². The molecule has 0 aliphatic rings. The fourth-order valence-electron chi connectivity index (χ4n) is 1.16. The molecule has 1 unspecified atom stereocenters. The standard InChI is InChI=1S/C9H13NO2/c1-3-7(2)10-6-4-5-8(10)9(11)12/h4-7H,3H2,1-2H3,(H,11,12). The van der Waals surface area contributed by atoms with Gasteiger partial charge in [0.25, 0.3) is 0 Å². The molecule has 0 radical (unpaired) electrons. The highest BCUT2D eigenvalue weighted by molar-refractivity contribution is 5.85. The van der Waals surface area contributed by atoms with Crippen LogP contribution in [0.25, 0.3) is 0 Å². The van der Waals surface area contributed by atoms with E-state index in [1.54, 1.807) is 22.9 Å². The lowest BCUT2D eigenvalue weighted by Crippen LogP contribution is -2.10. The maximum atomic E-state index is 10.7. The molecule has 0 amide bonds. The quantitative estimate of drug-likeness (QED) is 0.749. The molecule has 1 N–H and O–H groups in total. The van der Waals surface area contributed by atoms with E-state index in [4.69, 9.17) is 5.11 Å². The van der Waals surface area contributed by atoms with Crippen molar-refractivity contribution in [3.63, 3.8) is 0 Å². The Balaban J connectivity index is 2.98. The smallest absolute Gasteiger partial charge is 0.352 e. The summed E-state index contributed by atoms with van der Waals surface area (Å²) in [5.74, 6) is -0.861. The predicted octanol–water partition coefficient (Wildman–Crippen LogP) is 2.16. The van der Waals surface area contributed by atoms with Gasteiger partial charge in [-0.1, -0.05) is 6.92 Å². The molecule has 0 bridgehead atoms. The molecule has 66 valence electrons. The summed E-state index contributed by atoms with van der Waals surface area (Å²) >= 11 is 0. The van der Waals surface area contributed by atoms with Crippen LogP contribution in [0.5, 0.6) is 0 Å². The van der Waals surface area contributed by atoms with Crippen molar-refractivity contribution in [3.8, 4) is 0 Å². The SMILES string of the molecule is CCC(C)n1cccc1C(=O)O. The largest absolute Gasteiger partial charge is 0.477 e. The molecule has 0 saturated carbocycles. The zero-order chi connectivity index (χ0) is 9.14. The molecule has 1 rings (SSSR count). The Morgan fingerprint density at radius 1 is 1.75 bits per heavy atom. The van der Waals surface area contributed by atoms with Crippen molar-refractivity contribution in [2.24, 2.45) is 0 Å². The first-order valence-electron chi connectivity index (χ1n) is 4.07. The van der Waals surface area contributed by atoms with Crippen LogP contribution >= 0.6 is 0 Å². The minimum atomic E-state index is -0.861.